The van der Waals surface area contributed by atoms with Crippen LogP contribution in [0.25, 0.3) is 0 Å². The van der Waals surface area contributed by atoms with Crippen LogP contribution in [0.5, 0.6) is 5.75 Å². The lowest BCUT2D eigenvalue weighted by molar-refractivity contribution is 0.146. The first-order valence-corrected chi connectivity index (χ1v) is 8.38. The van der Waals surface area contributed by atoms with Crippen molar-refractivity contribution in [3.8, 4) is 5.75 Å². The van der Waals surface area contributed by atoms with Gasteiger partial charge in [-0.05, 0) is 25.0 Å². The molecular formula is C17H23N5O3. The van der Waals surface area contributed by atoms with Gasteiger partial charge in [0.1, 0.15) is 25.0 Å². The predicted octanol–water partition coefficient (Wildman–Crippen LogP) is 2.17. The number of amides is 2. The molecule has 0 atom stereocenters. The number of piperidine rings is 1. The third-order valence-corrected chi connectivity index (χ3v) is 4.20. The zero-order valence-electron chi connectivity index (χ0n) is 14.3. The number of urea groups is 1. The van der Waals surface area contributed by atoms with Crippen LogP contribution in [0, 0.1) is 0 Å². The number of likely N-dealkylation sites (tertiary alicyclic amines) is 1. The first kappa shape index (κ1) is 17.2. The second kappa shape index (κ2) is 8.48. The fourth-order valence-electron chi connectivity index (χ4n) is 2.85. The molecule has 0 unspecified atom stereocenters. The fraction of sp³-hybridized carbons (Fsp3) is 0.471. The number of benzene rings is 1. The summed E-state index contributed by atoms with van der Waals surface area (Å²) in [5, 5.41) is 7.11. The molecule has 2 amide bonds. The summed E-state index contributed by atoms with van der Waals surface area (Å²) in [6.45, 7) is 2.39. The Labute approximate surface area is 146 Å². The average molecular weight is 345 g/mol. The number of nitrogens with zero attached hydrogens (tertiary/aromatic N) is 4. The van der Waals surface area contributed by atoms with E-state index in [1.165, 1.54) is 0 Å². The molecule has 1 aromatic carbocycles. The summed E-state index contributed by atoms with van der Waals surface area (Å²) < 4.78 is 12.4. The van der Waals surface area contributed by atoms with E-state index in [1.807, 2.05) is 33.8 Å². The second-order valence-corrected chi connectivity index (χ2v) is 5.89. The van der Waals surface area contributed by atoms with Crippen molar-refractivity contribution in [2.24, 2.45) is 0 Å². The van der Waals surface area contributed by atoms with Crippen molar-refractivity contribution < 1.29 is 14.3 Å². The van der Waals surface area contributed by atoms with Gasteiger partial charge in [0.05, 0.1) is 12.6 Å². The van der Waals surface area contributed by atoms with E-state index >= 15 is 0 Å². The summed E-state index contributed by atoms with van der Waals surface area (Å²) in [6, 6.07) is 7.60. The molecule has 0 spiro atoms. The van der Waals surface area contributed by atoms with Crippen LogP contribution in [0.4, 0.5) is 10.5 Å². The van der Waals surface area contributed by atoms with Crippen molar-refractivity contribution in [3.05, 3.63) is 36.9 Å². The van der Waals surface area contributed by atoms with E-state index in [9.17, 15) is 4.79 Å². The number of nitrogens with one attached hydrogen (secondary N) is 1. The van der Waals surface area contributed by atoms with Crippen LogP contribution in [0.1, 0.15) is 18.9 Å². The van der Waals surface area contributed by atoms with Gasteiger partial charge in [-0.3, -0.25) is 0 Å². The molecule has 1 aliphatic heterocycles. The van der Waals surface area contributed by atoms with Crippen molar-refractivity contribution in [1.29, 1.82) is 0 Å². The van der Waals surface area contributed by atoms with Gasteiger partial charge in [-0.2, -0.15) is 5.10 Å². The van der Waals surface area contributed by atoms with E-state index < -0.39 is 0 Å². The minimum atomic E-state index is -0.0916. The highest BCUT2D eigenvalue weighted by Gasteiger charge is 2.24. The lowest BCUT2D eigenvalue weighted by Crippen LogP contribution is -2.41. The molecule has 25 heavy (non-hydrogen) atoms. The molecule has 134 valence electrons. The topological polar surface area (TPSA) is 81.5 Å². The highest BCUT2D eigenvalue weighted by molar-refractivity contribution is 5.89. The second-order valence-electron chi connectivity index (χ2n) is 5.89. The fourth-order valence-corrected chi connectivity index (χ4v) is 2.85. The molecule has 0 saturated carbocycles. The van der Waals surface area contributed by atoms with Gasteiger partial charge in [-0.25, -0.2) is 14.5 Å². The maximum Gasteiger partial charge on any atom is 0.321 e. The Morgan fingerprint density at radius 2 is 2.16 bits per heavy atom. The van der Waals surface area contributed by atoms with Gasteiger partial charge in [0.15, 0.2) is 0 Å². The van der Waals surface area contributed by atoms with Crippen molar-refractivity contribution in [1.82, 2.24) is 19.7 Å². The Kier molecular flexibility index (Phi) is 5.84. The van der Waals surface area contributed by atoms with Gasteiger partial charge in [0.2, 0.25) is 0 Å². The number of carbonyl (C=O) groups excluding carboxylic acids is 1. The van der Waals surface area contributed by atoms with E-state index in [1.54, 1.807) is 19.8 Å². The van der Waals surface area contributed by atoms with Gasteiger partial charge in [0, 0.05) is 32.0 Å². The lowest BCUT2D eigenvalue weighted by atomic mass is 10.1. The van der Waals surface area contributed by atoms with Crippen molar-refractivity contribution >= 4 is 11.7 Å². The predicted molar refractivity (Wildman–Crippen MR) is 92.7 cm³/mol. The Morgan fingerprint density at radius 3 is 2.88 bits per heavy atom. The highest BCUT2D eigenvalue weighted by Crippen LogP contribution is 2.22. The van der Waals surface area contributed by atoms with Crippen molar-refractivity contribution in [2.75, 3.05) is 38.7 Å². The molecule has 1 aliphatic rings. The standard InChI is InChI=1S/C17H23N5O3/c1-24-9-10-25-16-4-2-3-14(11-16)20-17(23)21-7-5-15(6-8-21)22-13-18-12-19-22/h2-4,11-13,15H,5-10H2,1H3,(H,20,23). The quantitative estimate of drug-likeness (QED) is 0.812. The van der Waals surface area contributed by atoms with Crippen molar-refractivity contribution in [3.63, 3.8) is 0 Å². The zero-order valence-corrected chi connectivity index (χ0v) is 14.3. The summed E-state index contributed by atoms with van der Waals surface area (Å²) in [4.78, 5) is 18.3. The number of carbonyl (C=O) groups is 1. The molecule has 8 heteroatoms. The minimum absolute atomic E-state index is 0.0916. The number of hydrogen-bond acceptors (Lipinski definition) is 5. The SMILES string of the molecule is COCCOc1cccc(NC(=O)N2CCC(n3cncn3)CC2)c1. The molecule has 2 heterocycles. The Hall–Kier alpha value is -2.61. The molecule has 8 nitrogen and oxygen atoms in total. The number of hydrogen-bond donors (Lipinski definition) is 1. The molecule has 1 saturated heterocycles. The molecule has 0 radical (unpaired) electrons. The van der Waals surface area contributed by atoms with Gasteiger partial charge in [-0.15, -0.1) is 0 Å². The third-order valence-electron chi connectivity index (χ3n) is 4.20. The first-order valence-electron chi connectivity index (χ1n) is 8.38. The molecule has 2 aromatic rings. The molecule has 1 N–H and O–H groups in total. The maximum absolute atomic E-state index is 12.5. The molecule has 1 fully saturated rings. The van der Waals surface area contributed by atoms with Gasteiger partial charge >= 0.3 is 6.03 Å². The van der Waals surface area contributed by atoms with E-state index in [0.717, 1.165) is 18.5 Å². The van der Waals surface area contributed by atoms with Crippen LogP contribution in [0.2, 0.25) is 0 Å². The maximum atomic E-state index is 12.5. The number of aromatic nitrogens is 3. The smallest absolute Gasteiger partial charge is 0.321 e. The van der Waals surface area contributed by atoms with E-state index in [2.05, 4.69) is 15.4 Å². The number of rotatable bonds is 6. The Morgan fingerprint density at radius 1 is 1.32 bits per heavy atom. The summed E-state index contributed by atoms with van der Waals surface area (Å²) in [5.74, 6) is 0.708. The van der Waals surface area contributed by atoms with Crippen LogP contribution >= 0.6 is 0 Å². The van der Waals surface area contributed by atoms with Gasteiger partial charge < -0.3 is 19.7 Å². The molecule has 3 rings (SSSR count). The lowest BCUT2D eigenvalue weighted by Gasteiger charge is -2.31. The largest absolute Gasteiger partial charge is 0.491 e. The summed E-state index contributed by atoms with van der Waals surface area (Å²) in [5.41, 5.74) is 0.721. The minimum Gasteiger partial charge on any atom is -0.491 e. The normalized spacial score (nSPS) is 15.2. The summed E-state index contributed by atoms with van der Waals surface area (Å²) in [7, 11) is 1.63. The van der Waals surface area contributed by atoms with E-state index in [-0.39, 0.29) is 6.03 Å². The van der Waals surface area contributed by atoms with E-state index in [0.29, 0.717) is 38.1 Å². The van der Waals surface area contributed by atoms with Gasteiger partial charge in [0.25, 0.3) is 0 Å². The zero-order chi connectivity index (χ0) is 17.5. The Bertz CT molecular complexity index is 669. The van der Waals surface area contributed by atoms with Crippen LogP contribution in [-0.4, -0.2) is 59.1 Å². The Balaban J connectivity index is 1.50. The van der Waals surface area contributed by atoms with Crippen LogP contribution in [0.15, 0.2) is 36.9 Å². The van der Waals surface area contributed by atoms with Crippen LogP contribution in [0.3, 0.4) is 0 Å². The number of ether oxygens (including phenoxy) is 2. The molecule has 0 bridgehead atoms. The summed E-state index contributed by atoms with van der Waals surface area (Å²) >= 11 is 0. The molecular weight excluding hydrogens is 322 g/mol. The van der Waals surface area contributed by atoms with Crippen molar-refractivity contribution in [2.45, 2.75) is 18.9 Å². The van der Waals surface area contributed by atoms with Gasteiger partial charge in [-0.1, -0.05) is 6.07 Å². The van der Waals surface area contributed by atoms with E-state index in [4.69, 9.17) is 9.47 Å². The van der Waals surface area contributed by atoms with Crippen LogP contribution in [-0.2, 0) is 4.74 Å². The average Bonchev–Trinajstić information content (AvgIpc) is 3.17. The molecule has 0 aliphatic carbocycles. The molecule has 1 aromatic heterocycles. The first-order chi connectivity index (χ1) is 12.3. The monoisotopic (exact) mass is 345 g/mol. The number of anilines is 1. The van der Waals surface area contributed by atoms with Crippen LogP contribution < -0.4 is 10.1 Å². The third kappa shape index (κ3) is 4.69. The summed E-state index contributed by atoms with van der Waals surface area (Å²) in [6.07, 6.45) is 5.02. The number of methoxy groups -OCH3 is 1. The highest BCUT2D eigenvalue weighted by atomic mass is 16.5.